The summed E-state index contributed by atoms with van der Waals surface area (Å²) >= 11 is 0. The van der Waals surface area contributed by atoms with Gasteiger partial charge >= 0.3 is 6.09 Å². The summed E-state index contributed by atoms with van der Waals surface area (Å²) in [6.45, 7) is 3.71. The van der Waals surface area contributed by atoms with Gasteiger partial charge in [-0.25, -0.2) is 4.79 Å². The molecule has 6 heteroatoms. The Morgan fingerprint density at radius 1 is 1.23 bits per heavy atom. The van der Waals surface area contributed by atoms with Crippen LogP contribution in [0.3, 0.4) is 0 Å². The van der Waals surface area contributed by atoms with Crippen molar-refractivity contribution < 1.29 is 19.1 Å². The van der Waals surface area contributed by atoms with Gasteiger partial charge in [0.15, 0.2) is 6.10 Å². The zero-order valence-corrected chi connectivity index (χ0v) is 12.9. The Morgan fingerprint density at radius 2 is 1.86 bits per heavy atom. The third-order valence-electron chi connectivity index (χ3n) is 3.24. The van der Waals surface area contributed by atoms with Crippen LogP contribution in [0.15, 0.2) is 30.3 Å². The van der Waals surface area contributed by atoms with Gasteiger partial charge in [0.1, 0.15) is 0 Å². The maximum atomic E-state index is 12.1. The molecular weight excluding hydrogens is 284 g/mol. The molecule has 0 aliphatic rings. The predicted molar refractivity (Wildman–Crippen MR) is 82.0 cm³/mol. The van der Waals surface area contributed by atoms with Crippen LogP contribution in [0.5, 0.6) is 0 Å². The maximum absolute atomic E-state index is 12.1. The summed E-state index contributed by atoms with van der Waals surface area (Å²) in [4.78, 5) is 35.0. The van der Waals surface area contributed by atoms with E-state index in [0.29, 0.717) is 6.42 Å². The molecule has 1 unspecified atom stereocenters. The Kier molecular flexibility index (Phi) is 7.08. The van der Waals surface area contributed by atoms with Crippen LogP contribution in [-0.4, -0.2) is 23.9 Å². The Hall–Kier alpha value is -2.37. The van der Waals surface area contributed by atoms with E-state index in [1.807, 2.05) is 37.3 Å². The van der Waals surface area contributed by atoms with E-state index in [2.05, 4.69) is 5.32 Å². The van der Waals surface area contributed by atoms with Crippen LogP contribution in [0.4, 0.5) is 4.79 Å². The topological polar surface area (TPSA) is 98.5 Å². The number of amides is 2. The minimum Gasteiger partial charge on any atom is -0.438 e. The Morgan fingerprint density at radius 3 is 2.41 bits per heavy atom. The number of nitrogens with two attached hydrogens (primary N) is 1. The Balaban J connectivity index is 2.68. The molecule has 0 fully saturated rings. The first-order chi connectivity index (χ1) is 10.5. The van der Waals surface area contributed by atoms with Crippen molar-refractivity contribution in [1.29, 1.82) is 0 Å². The third-order valence-corrected chi connectivity index (χ3v) is 3.24. The quantitative estimate of drug-likeness (QED) is 0.718. The van der Waals surface area contributed by atoms with Crippen LogP contribution in [0.25, 0.3) is 0 Å². The first kappa shape index (κ1) is 17.7. The van der Waals surface area contributed by atoms with Gasteiger partial charge < -0.3 is 15.8 Å². The molecule has 1 aromatic carbocycles. The minimum absolute atomic E-state index is 0.283. The number of carbonyl (C=O) groups is 3. The van der Waals surface area contributed by atoms with Crippen molar-refractivity contribution in [2.45, 2.75) is 45.3 Å². The molecule has 0 aromatic heterocycles. The van der Waals surface area contributed by atoms with Gasteiger partial charge in [0.2, 0.25) is 0 Å². The lowest BCUT2D eigenvalue weighted by atomic mass is 10.1. The van der Waals surface area contributed by atoms with E-state index < -0.39 is 23.9 Å². The van der Waals surface area contributed by atoms with Crippen molar-refractivity contribution in [2.75, 3.05) is 0 Å². The van der Waals surface area contributed by atoms with Gasteiger partial charge in [-0.05, 0) is 25.3 Å². The summed E-state index contributed by atoms with van der Waals surface area (Å²) in [6, 6.07) is 8.94. The molecule has 22 heavy (non-hydrogen) atoms. The van der Waals surface area contributed by atoms with Crippen LogP contribution >= 0.6 is 0 Å². The normalized spacial score (nSPS) is 13.0. The highest BCUT2D eigenvalue weighted by molar-refractivity contribution is 6.38. The standard InChI is InChI=1S/C16H22N2O4/c1-3-4-10-13(22-16(17)21)14(19)15(20)18-11(2)12-8-6-5-7-9-12/h5-9,11,13H,3-4,10H2,1-2H3,(H2,17,21)(H,18,20)/t11?,13-/m0/s1. The molecule has 0 spiro atoms. The lowest BCUT2D eigenvalue weighted by Crippen LogP contribution is -2.42. The molecule has 6 nitrogen and oxygen atoms in total. The maximum Gasteiger partial charge on any atom is 0.405 e. The molecule has 2 atom stereocenters. The van der Waals surface area contributed by atoms with Crippen LogP contribution in [0, 0.1) is 0 Å². The number of nitrogens with one attached hydrogen (secondary N) is 1. The van der Waals surface area contributed by atoms with Crippen molar-refractivity contribution in [3.63, 3.8) is 0 Å². The summed E-state index contributed by atoms with van der Waals surface area (Å²) in [5, 5.41) is 2.61. The molecule has 0 bridgehead atoms. The molecule has 2 amide bonds. The second-order valence-electron chi connectivity index (χ2n) is 5.04. The largest absolute Gasteiger partial charge is 0.438 e. The number of primary amides is 1. The number of Topliss-reactive ketones (excluding diaryl/α,β-unsaturated/α-hetero) is 1. The van der Waals surface area contributed by atoms with Crippen LogP contribution < -0.4 is 11.1 Å². The second kappa shape index (κ2) is 8.81. The van der Waals surface area contributed by atoms with Gasteiger partial charge in [-0.3, -0.25) is 9.59 Å². The van der Waals surface area contributed by atoms with E-state index in [1.165, 1.54) is 0 Å². The highest BCUT2D eigenvalue weighted by atomic mass is 16.6. The second-order valence-corrected chi connectivity index (χ2v) is 5.04. The summed E-state index contributed by atoms with van der Waals surface area (Å²) in [5.41, 5.74) is 5.83. The van der Waals surface area contributed by atoms with Gasteiger partial charge in [0.05, 0.1) is 6.04 Å². The molecule has 120 valence electrons. The molecule has 0 saturated carbocycles. The average molecular weight is 306 g/mol. The zero-order valence-electron chi connectivity index (χ0n) is 12.9. The number of rotatable bonds is 8. The summed E-state index contributed by atoms with van der Waals surface area (Å²) < 4.78 is 4.75. The molecule has 0 saturated heterocycles. The van der Waals surface area contributed by atoms with Gasteiger partial charge in [-0.2, -0.15) is 0 Å². The highest BCUT2D eigenvalue weighted by Crippen LogP contribution is 2.12. The average Bonchev–Trinajstić information content (AvgIpc) is 2.51. The van der Waals surface area contributed by atoms with Crippen LogP contribution in [0.2, 0.25) is 0 Å². The van der Waals surface area contributed by atoms with E-state index in [1.54, 1.807) is 6.92 Å². The fraction of sp³-hybridized carbons (Fsp3) is 0.438. The van der Waals surface area contributed by atoms with E-state index in [-0.39, 0.29) is 12.5 Å². The van der Waals surface area contributed by atoms with Crippen molar-refractivity contribution in [2.24, 2.45) is 5.73 Å². The van der Waals surface area contributed by atoms with Gasteiger partial charge in [-0.1, -0.05) is 43.7 Å². The summed E-state index contributed by atoms with van der Waals surface area (Å²) in [7, 11) is 0. The molecule has 1 rings (SSSR count). The van der Waals surface area contributed by atoms with Crippen molar-refractivity contribution in [3.8, 4) is 0 Å². The number of unbranched alkanes of at least 4 members (excludes halogenated alkanes) is 1. The molecule has 0 radical (unpaired) electrons. The SMILES string of the molecule is CCCC[C@H](OC(N)=O)C(=O)C(=O)NC(C)c1ccccc1. The third kappa shape index (κ3) is 5.55. The lowest BCUT2D eigenvalue weighted by molar-refractivity contribution is -0.143. The monoisotopic (exact) mass is 306 g/mol. The van der Waals surface area contributed by atoms with Crippen LogP contribution in [0.1, 0.15) is 44.7 Å². The van der Waals surface area contributed by atoms with Crippen molar-refractivity contribution in [1.82, 2.24) is 5.32 Å². The predicted octanol–water partition coefficient (Wildman–Crippen LogP) is 2.09. The summed E-state index contributed by atoms with van der Waals surface area (Å²) in [6.07, 6.45) is -0.427. The fourth-order valence-electron chi connectivity index (χ4n) is 2.01. The molecule has 3 N–H and O–H groups in total. The molecule has 0 aliphatic carbocycles. The number of benzene rings is 1. The lowest BCUT2D eigenvalue weighted by Gasteiger charge is -2.17. The Labute approximate surface area is 130 Å². The van der Waals surface area contributed by atoms with E-state index in [4.69, 9.17) is 10.5 Å². The number of ketones is 1. The van der Waals surface area contributed by atoms with Gasteiger partial charge in [0, 0.05) is 0 Å². The van der Waals surface area contributed by atoms with Gasteiger partial charge in [0.25, 0.3) is 11.7 Å². The van der Waals surface area contributed by atoms with E-state index in [9.17, 15) is 14.4 Å². The zero-order chi connectivity index (χ0) is 16.5. The van der Waals surface area contributed by atoms with E-state index >= 15 is 0 Å². The van der Waals surface area contributed by atoms with Crippen molar-refractivity contribution in [3.05, 3.63) is 35.9 Å². The number of hydrogen-bond donors (Lipinski definition) is 2. The molecular formula is C16H22N2O4. The number of ether oxygens (including phenoxy) is 1. The minimum atomic E-state index is -1.12. The van der Waals surface area contributed by atoms with Crippen molar-refractivity contribution >= 4 is 17.8 Å². The summed E-state index contributed by atoms with van der Waals surface area (Å²) in [5.74, 6) is -1.56. The van der Waals surface area contributed by atoms with Gasteiger partial charge in [-0.15, -0.1) is 0 Å². The smallest absolute Gasteiger partial charge is 0.405 e. The highest BCUT2D eigenvalue weighted by Gasteiger charge is 2.28. The molecule has 1 aromatic rings. The van der Waals surface area contributed by atoms with Crippen LogP contribution in [-0.2, 0) is 14.3 Å². The fourth-order valence-corrected chi connectivity index (χ4v) is 2.01. The first-order valence-electron chi connectivity index (χ1n) is 7.31. The Bertz CT molecular complexity index is 516. The number of carbonyl (C=O) groups excluding carboxylic acids is 3. The molecule has 0 heterocycles. The van der Waals surface area contributed by atoms with E-state index in [0.717, 1.165) is 12.0 Å². The molecule has 0 aliphatic heterocycles. The first-order valence-corrected chi connectivity index (χ1v) is 7.31. The number of hydrogen-bond acceptors (Lipinski definition) is 4.